The minimum atomic E-state index is -0.561. The Morgan fingerprint density at radius 1 is 1.50 bits per heavy atom. The van der Waals surface area contributed by atoms with E-state index in [4.69, 9.17) is 10.5 Å². The molecule has 0 aromatic heterocycles. The second-order valence-corrected chi connectivity index (χ2v) is 5.50. The molecular weight excluding hydrogens is 252 g/mol. The smallest absolute Gasteiger partial charge is 0.134 e. The van der Waals surface area contributed by atoms with Gasteiger partial charge in [-0.15, -0.1) is 0 Å². The van der Waals surface area contributed by atoms with Crippen molar-refractivity contribution in [2.75, 3.05) is 26.7 Å². The molecule has 4 nitrogen and oxygen atoms in total. The minimum absolute atomic E-state index is 0.336. The summed E-state index contributed by atoms with van der Waals surface area (Å²) in [5.41, 5.74) is 6.89. The molecule has 1 aliphatic heterocycles. The Bertz CT molecular complexity index is 529. The molecule has 0 spiro atoms. The van der Waals surface area contributed by atoms with E-state index in [2.05, 4.69) is 16.7 Å². The Kier molecular flexibility index (Phi) is 4.66. The van der Waals surface area contributed by atoms with Crippen molar-refractivity contribution >= 4 is 0 Å². The van der Waals surface area contributed by atoms with E-state index in [1.165, 1.54) is 5.56 Å². The van der Waals surface area contributed by atoms with E-state index in [9.17, 15) is 5.11 Å². The lowest BCUT2D eigenvalue weighted by molar-refractivity contribution is 0.0679. The van der Waals surface area contributed by atoms with Crippen LogP contribution in [0.3, 0.4) is 0 Å². The molecule has 1 aromatic rings. The molecule has 1 atom stereocenters. The van der Waals surface area contributed by atoms with Gasteiger partial charge in [-0.1, -0.05) is 17.9 Å². The molecule has 1 aromatic carbocycles. The molecule has 1 aliphatic rings. The van der Waals surface area contributed by atoms with Crippen molar-refractivity contribution in [3.8, 4) is 17.6 Å². The van der Waals surface area contributed by atoms with Crippen molar-refractivity contribution in [3.05, 3.63) is 29.3 Å². The largest absolute Gasteiger partial charge is 0.495 e. The van der Waals surface area contributed by atoms with Gasteiger partial charge in [0.05, 0.1) is 24.8 Å². The highest BCUT2D eigenvalue weighted by atomic mass is 16.5. The molecule has 108 valence electrons. The number of β-amino-alcohol motifs (C(OH)–C–C–N with tert-alkyl or cyclic N) is 1. The summed E-state index contributed by atoms with van der Waals surface area (Å²) >= 11 is 0. The monoisotopic (exact) mass is 274 g/mol. The fraction of sp³-hybridized carbons (Fsp3) is 0.500. The Labute approximate surface area is 120 Å². The molecule has 0 saturated carbocycles. The van der Waals surface area contributed by atoms with Gasteiger partial charge in [-0.25, -0.2) is 0 Å². The maximum atomic E-state index is 10.00. The van der Waals surface area contributed by atoms with Crippen LogP contribution in [-0.2, 0) is 6.54 Å². The van der Waals surface area contributed by atoms with E-state index in [0.29, 0.717) is 13.1 Å². The van der Waals surface area contributed by atoms with Crippen molar-refractivity contribution in [1.82, 2.24) is 4.90 Å². The average Bonchev–Trinajstić information content (AvgIpc) is 2.76. The molecule has 0 radical (unpaired) electrons. The summed E-state index contributed by atoms with van der Waals surface area (Å²) in [7, 11) is 1.64. The maximum absolute atomic E-state index is 10.00. The highest BCUT2D eigenvalue weighted by molar-refractivity contribution is 5.48. The van der Waals surface area contributed by atoms with Crippen LogP contribution in [0.2, 0.25) is 0 Å². The summed E-state index contributed by atoms with van der Waals surface area (Å²) in [6, 6.07) is 6.01. The fourth-order valence-electron chi connectivity index (χ4n) is 2.53. The summed E-state index contributed by atoms with van der Waals surface area (Å²) < 4.78 is 5.30. The van der Waals surface area contributed by atoms with Crippen molar-refractivity contribution in [2.24, 2.45) is 5.73 Å². The maximum Gasteiger partial charge on any atom is 0.134 e. The predicted octanol–water partition coefficient (Wildman–Crippen LogP) is 0.962. The fourth-order valence-corrected chi connectivity index (χ4v) is 2.53. The molecule has 0 amide bonds. The van der Waals surface area contributed by atoms with Crippen LogP contribution >= 0.6 is 0 Å². The number of aliphatic hydroxyl groups is 1. The van der Waals surface area contributed by atoms with E-state index in [1.807, 2.05) is 25.1 Å². The van der Waals surface area contributed by atoms with Gasteiger partial charge in [-0.2, -0.15) is 0 Å². The van der Waals surface area contributed by atoms with Crippen molar-refractivity contribution in [1.29, 1.82) is 0 Å². The molecule has 1 saturated heterocycles. The number of benzene rings is 1. The second-order valence-electron chi connectivity index (χ2n) is 5.50. The van der Waals surface area contributed by atoms with Crippen LogP contribution in [0.25, 0.3) is 0 Å². The number of rotatable bonds is 3. The van der Waals surface area contributed by atoms with Crippen molar-refractivity contribution < 1.29 is 9.84 Å². The van der Waals surface area contributed by atoms with E-state index in [-0.39, 0.29) is 0 Å². The Morgan fingerprint density at radius 2 is 2.30 bits per heavy atom. The summed E-state index contributed by atoms with van der Waals surface area (Å²) in [6.07, 6.45) is 0.822. The van der Waals surface area contributed by atoms with E-state index < -0.39 is 5.60 Å². The molecule has 1 heterocycles. The van der Waals surface area contributed by atoms with E-state index in [1.54, 1.807) is 7.11 Å². The molecule has 2 rings (SSSR count). The lowest BCUT2D eigenvalue weighted by Gasteiger charge is -2.19. The zero-order valence-corrected chi connectivity index (χ0v) is 12.1. The summed E-state index contributed by atoms with van der Waals surface area (Å²) in [4.78, 5) is 2.25. The molecule has 4 heteroatoms. The third-order valence-electron chi connectivity index (χ3n) is 3.53. The Balaban J connectivity index is 2.13. The summed E-state index contributed by atoms with van der Waals surface area (Å²) in [5.74, 6) is 6.66. The molecule has 1 fully saturated rings. The minimum Gasteiger partial charge on any atom is -0.495 e. The topological polar surface area (TPSA) is 58.7 Å². The van der Waals surface area contributed by atoms with Crippen LogP contribution < -0.4 is 10.5 Å². The van der Waals surface area contributed by atoms with Gasteiger partial charge in [-0.3, -0.25) is 4.90 Å². The van der Waals surface area contributed by atoms with Gasteiger partial charge in [0.25, 0.3) is 0 Å². The summed E-state index contributed by atoms with van der Waals surface area (Å²) in [5, 5.41) is 10.00. The van der Waals surface area contributed by atoms with Crippen LogP contribution in [0.4, 0.5) is 0 Å². The number of nitrogens with zero attached hydrogens (tertiary/aromatic N) is 1. The first-order valence-electron chi connectivity index (χ1n) is 6.85. The number of hydrogen-bond donors (Lipinski definition) is 2. The van der Waals surface area contributed by atoms with Crippen LogP contribution in [-0.4, -0.2) is 42.4 Å². The molecule has 0 bridgehead atoms. The van der Waals surface area contributed by atoms with Gasteiger partial charge < -0.3 is 15.6 Å². The van der Waals surface area contributed by atoms with Crippen LogP contribution in [0.5, 0.6) is 5.75 Å². The average molecular weight is 274 g/mol. The molecule has 1 unspecified atom stereocenters. The zero-order chi connectivity index (χ0) is 14.6. The van der Waals surface area contributed by atoms with Gasteiger partial charge in [0, 0.05) is 19.6 Å². The number of likely N-dealkylation sites (tertiary alicyclic amines) is 1. The first-order valence-corrected chi connectivity index (χ1v) is 6.85. The lowest BCUT2D eigenvalue weighted by Crippen LogP contribution is -2.29. The second kappa shape index (κ2) is 6.27. The molecule has 20 heavy (non-hydrogen) atoms. The highest BCUT2D eigenvalue weighted by Crippen LogP contribution is 2.24. The van der Waals surface area contributed by atoms with Crippen molar-refractivity contribution in [3.63, 3.8) is 0 Å². The third-order valence-corrected chi connectivity index (χ3v) is 3.53. The molecule has 3 N–H and O–H groups in total. The van der Waals surface area contributed by atoms with Crippen molar-refractivity contribution in [2.45, 2.75) is 25.5 Å². The number of ether oxygens (including phenoxy) is 1. The molecular formula is C16H22N2O2. The van der Waals surface area contributed by atoms with Crippen LogP contribution in [0, 0.1) is 11.8 Å². The van der Waals surface area contributed by atoms with Gasteiger partial charge >= 0.3 is 0 Å². The number of methoxy groups -OCH3 is 1. The van der Waals surface area contributed by atoms with Gasteiger partial charge in [-0.05, 0) is 31.0 Å². The van der Waals surface area contributed by atoms with Crippen LogP contribution in [0.15, 0.2) is 18.2 Å². The molecule has 0 aliphatic carbocycles. The number of nitrogens with two attached hydrogens (primary N) is 1. The van der Waals surface area contributed by atoms with Crippen LogP contribution in [0.1, 0.15) is 24.5 Å². The lowest BCUT2D eigenvalue weighted by atomic mass is 10.1. The number of hydrogen-bond acceptors (Lipinski definition) is 4. The first-order chi connectivity index (χ1) is 9.54. The highest BCUT2D eigenvalue weighted by Gasteiger charge is 2.30. The van der Waals surface area contributed by atoms with Gasteiger partial charge in [0.1, 0.15) is 5.75 Å². The Morgan fingerprint density at radius 3 is 2.90 bits per heavy atom. The Hall–Kier alpha value is -1.54. The predicted molar refractivity (Wildman–Crippen MR) is 79.4 cm³/mol. The third kappa shape index (κ3) is 3.73. The quantitative estimate of drug-likeness (QED) is 0.806. The summed E-state index contributed by atoms with van der Waals surface area (Å²) in [6.45, 7) is 4.67. The SMILES string of the molecule is COc1ccc(CN2CCC(C)(O)C2)cc1C#CCN. The standard InChI is InChI=1S/C16H22N2O2/c1-16(19)7-9-18(12-16)11-13-5-6-15(20-2)14(10-13)4-3-8-17/h5-6,10,19H,7-9,11-12,17H2,1-2H3. The van der Waals surface area contributed by atoms with E-state index >= 15 is 0 Å². The zero-order valence-electron chi connectivity index (χ0n) is 12.1. The van der Waals surface area contributed by atoms with E-state index in [0.717, 1.165) is 30.8 Å². The van der Waals surface area contributed by atoms with Gasteiger partial charge in [0.2, 0.25) is 0 Å². The van der Waals surface area contributed by atoms with Gasteiger partial charge in [0.15, 0.2) is 0 Å². The normalized spacial score (nSPS) is 22.4. The first kappa shape index (κ1) is 14.9.